The van der Waals surface area contributed by atoms with Gasteiger partial charge >= 0.3 is 0 Å². The van der Waals surface area contributed by atoms with E-state index in [1.165, 1.54) is 4.68 Å². The molecule has 8 nitrogen and oxygen atoms in total. The van der Waals surface area contributed by atoms with Crippen LogP contribution in [0.25, 0.3) is 21.8 Å². The van der Waals surface area contributed by atoms with Crippen molar-refractivity contribution < 1.29 is 9.53 Å². The minimum atomic E-state index is -0.238. The lowest BCUT2D eigenvalue weighted by Gasteiger charge is -2.11. The number of anilines is 1. The maximum atomic E-state index is 12.9. The first-order valence-electron chi connectivity index (χ1n) is 10.4. The van der Waals surface area contributed by atoms with Crippen LogP contribution in [0.2, 0.25) is 0 Å². The zero-order chi connectivity index (χ0) is 21.8. The van der Waals surface area contributed by atoms with E-state index in [0.29, 0.717) is 42.2 Å². The van der Waals surface area contributed by atoms with Gasteiger partial charge in [-0.25, -0.2) is 9.67 Å². The second-order valence-electron chi connectivity index (χ2n) is 7.27. The average molecular weight is 419 g/mol. The van der Waals surface area contributed by atoms with Crippen LogP contribution in [0.15, 0.2) is 53.3 Å². The van der Waals surface area contributed by atoms with Gasteiger partial charge in [-0.2, -0.15) is 5.10 Å². The highest BCUT2D eigenvalue weighted by Gasteiger charge is 2.16. The molecule has 0 atom stereocenters. The number of carbonyl (C=O) groups excluding carboxylic acids is 1. The SMILES string of the molecule is CCOCCCn1c(NC(=O)Cc2nn(C)c(=O)c3ccccc23)nc2ccccc21. The normalized spacial score (nSPS) is 11.3. The summed E-state index contributed by atoms with van der Waals surface area (Å²) in [5, 5.41) is 8.48. The van der Waals surface area contributed by atoms with E-state index in [2.05, 4.69) is 15.4 Å². The lowest BCUT2D eigenvalue weighted by molar-refractivity contribution is -0.115. The Kier molecular flexibility index (Phi) is 6.08. The summed E-state index contributed by atoms with van der Waals surface area (Å²) in [4.78, 5) is 29.8. The van der Waals surface area contributed by atoms with Gasteiger partial charge < -0.3 is 9.30 Å². The molecule has 4 aromatic rings. The second-order valence-corrected chi connectivity index (χ2v) is 7.27. The number of fused-ring (bicyclic) bond motifs is 2. The number of amides is 1. The summed E-state index contributed by atoms with van der Waals surface area (Å²) in [5.41, 5.74) is 2.14. The second kappa shape index (κ2) is 9.09. The summed E-state index contributed by atoms with van der Waals surface area (Å²) in [6, 6.07) is 15.0. The number of nitrogens with zero attached hydrogens (tertiary/aromatic N) is 4. The van der Waals surface area contributed by atoms with E-state index in [-0.39, 0.29) is 17.9 Å². The van der Waals surface area contributed by atoms with Crippen molar-refractivity contribution in [2.24, 2.45) is 7.05 Å². The summed E-state index contributed by atoms with van der Waals surface area (Å²) >= 11 is 0. The van der Waals surface area contributed by atoms with Crippen LogP contribution in [0.5, 0.6) is 0 Å². The van der Waals surface area contributed by atoms with Gasteiger partial charge in [-0.05, 0) is 31.5 Å². The first kappa shape index (κ1) is 20.7. The number of aryl methyl sites for hydroxylation is 2. The van der Waals surface area contributed by atoms with Crippen molar-refractivity contribution in [1.29, 1.82) is 0 Å². The largest absolute Gasteiger partial charge is 0.382 e. The highest BCUT2D eigenvalue weighted by molar-refractivity contribution is 5.95. The highest BCUT2D eigenvalue weighted by atomic mass is 16.5. The number of hydrogen-bond donors (Lipinski definition) is 1. The van der Waals surface area contributed by atoms with Crippen LogP contribution in [-0.2, 0) is 29.5 Å². The molecule has 0 radical (unpaired) electrons. The van der Waals surface area contributed by atoms with E-state index in [9.17, 15) is 9.59 Å². The Bertz CT molecular complexity index is 1290. The summed E-state index contributed by atoms with van der Waals surface area (Å²) in [6.45, 7) is 3.96. The third kappa shape index (κ3) is 4.34. The number of nitrogens with one attached hydrogen (secondary N) is 1. The molecule has 0 aliphatic rings. The smallest absolute Gasteiger partial charge is 0.274 e. The number of ether oxygens (including phenoxy) is 1. The van der Waals surface area contributed by atoms with Gasteiger partial charge in [0.2, 0.25) is 11.9 Å². The van der Waals surface area contributed by atoms with Crippen LogP contribution in [0.1, 0.15) is 19.0 Å². The first-order valence-corrected chi connectivity index (χ1v) is 10.4. The topological polar surface area (TPSA) is 91.0 Å². The molecular weight excluding hydrogens is 394 g/mol. The van der Waals surface area contributed by atoms with Crippen molar-refractivity contribution >= 4 is 33.7 Å². The van der Waals surface area contributed by atoms with Gasteiger partial charge in [0.1, 0.15) is 0 Å². The fraction of sp³-hybridized carbons (Fsp3) is 0.304. The Morgan fingerprint density at radius 3 is 2.65 bits per heavy atom. The summed E-state index contributed by atoms with van der Waals surface area (Å²) in [5.74, 6) is 0.259. The maximum Gasteiger partial charge on any atom is 0.274 e. The Balaban J connectivity index is 1.60. The summed E-state index contributed by atoms with van der Waals surface area (Å²) in [7, 11) is 1.59. The molecular formula is C23H25N5O3. The van der Waals surface area contributed by atoms with Gasteiger partial charge in [0.05, 0.1) is 28.5 Å². The molecule has 31 heavy (non-hydrogen) atoms. The molecule has 8 heteroatoms. The molecule has 160 valence electrons. The van der Waals surface area contributed by atoms with Crippen molar-refractivity contribution in [1.82, 2.24) is 19.3 Å². The Labute approximate surface area is 179 Å². The Hall–Kier alpha value is -3.52. The third-order valence-electron chi connectivity index (χ3n) is 5.14. The fourth-order valence-corrected chi connectivity index (χ4v) is 3.69. The molecule has 0 bridgehead atoms. The number of para-hydroxylation sites is 2. The van der Waals surface area contributed by atoms with Crippen LogP contribution >= 0.6 is 0 Å². The number of carbonyl (C=O) groups is 1. The maximum absolute atomic E-state index is 12.9. The highest BCUT2D eigenvalue weighted by Crippen LogP contribution is 2.21. The molecule has 0 saturated heterocycles. The first-order chi connectivity index (χ1) is 15.1. The van der Waals surface area contributed by atoms with Crippen molar-refractivity contribution in [2.45, 2.75) is 26.3 Å². The summed E-state index contributed by atoms with van der Waals surface area (Å²) < 4.78 is 8.72. The van der Waals surface area contributed by atoms with Gasteiger partial charge in [0.15, 0.2) is 0 Å². The molecule has 2 heterocycles. The Morgan fingerprint density at radius 1 is 1.10 bits per heavy atom. The van der Waals surface area contributed by atoms with Gasteiger partial charge in [-0.3, -0.25) is 14.9 Å². The van der Waals surface area contributed by atoms with Gasteiger partial charge in [-0.1, -0.05) is 30.3 Å². The monoisotopic (exact) mass is 419 g/mol. The molecule has 0 fully saturated rings. The molecule has 0 aliphatic carbocycles. The number of rotatable bonds is 8. The van der Waals surface area contributed by atoms with E-state index in [1.54, 1.807) is 19.2 Å². The minimum Gasteiger partial charge on any atom is -0.382 e. The number of imidazole rings is 1. The van der Waals surface area contributed by atoms with E-state index in [1.807, 2.05) is 47.9 Å². The van der Waals surface area contributed by atoms with Crippen LogP contribution in [0, 0.1) is 0 Å². The zero-order valence-corrected chi connectivity index (χ0v) is 17.7. The van der Waals surface area contributed by atoms with Crippen LogP contribution < -0.4 is 10.9 Å². The van der Waals surface area contributed by atoms with Crippen molar-refractivity contribution in [2.75, 3.05) is 18.5 Å². The number of aromatic nitrogens is 4. The van der Waals surface area contributed by atoms with Gasteiger partial charge in [-0.15, -0.1) is 0 Å². The van der Waals surface area contributed by atoms with E-state index < -0.39 is 0 Å². The van der Waals surface area contributed by atoms with E-state index >= 15 is 0 Å². The third-order valence-corrected chi connectivity index (χ3v) is 5.14. The fourth-order valence-electron chi connectivity index (χ4n) is 3.69. The summed E-state index contributed by atoms with van der Waals surface area (Å²) in [6.07, 6.45) is 0.848. The molecule has 4 rings (SSSR count). The van der Waals surface area contributed by atoms with Crippen molar-refractivity contribution in [3.63, 3.8) is 0 Å². The lowest BCUT2D eigenvalue weighted by Crippen LogP contribution is -2.24. The quantitative estimate of drug-likeness (QED) is 0.444. The minimum absolute atomic E-state index is 0.0385. The van der Waals surface area contributed by atoms with Gasteiger partial charge in [0, 0.05) is 32.2 Å². The number of benzene rings is 2. The predicted octanol–water partition coefficient (Wildman–Crippen LogP) is 2.89. The Morgan fingerprint density at radius 2 is 1.84 bits per heavy atom. The predicted molar refractivity (Wildman–Crippen MR) is 120 cm³/mol. The van der Waals surface area contributed by atoms with Crippen LogP contribution in [0.4, 0.5) is 5.95 Å². The molecule has 0 saturated carbocycles. The lowest BCUT2D eigenvalue weighted by atomic mass is 10.1. The van der Waals surface area contributed by atoms with Gasteiger partial charge in [0.25, 0.3) is 5.56 Å². The van der Waals surface area contributed by atoms with E-state index in [4.69, 9.17) is 4.74 Å². The van der Waals surface area contributed by atoms with Crippen molar-refractivity contribution in [3.8, 4) is 0 Å². The van der Waals surface area contributed by atoms with Crippen LogP contribution in [0.3, 0.4) is 0 Å². The molecule has 0 unspecified atom stereocenters. The molecule has 1 N–H and O–H groups in total. The molecule has 0 aliphatic heterocycles. The average Bonchev–Trinajstić information content (AvgIpc) is 3.11. The standard InChI is InChI=1S/C23H25N5O3/c1-3-31-14-8-13-28-20-12-7-6-11-18(20)24-23(28)25-21(29)15-19-16-9-4-5-10-17(16)22(30)27(2)26-19/h4-7,9-12H,3,8,13-15H2,1-2H3,(H,24,25,29). The molecule has 2 aromatic heterocycles. The van der Waals surface area contributed by atoms with E-state index in [0.717, 1.165) is 17.5 Å². The van der Waals surface area contributed by atoms with Crippen molar-refractivity contribution in [3.05, 3.63) is 64.6 Å². The number of hydrogen-bond acceptors (Lipinski definition) is 5. The van der Waals surface area contributed by atoms with Crippen LogP contribution in [-0.4, -0.2) is 38.5 Å². The molecule has 2 aromatic carbocycles. The molecule has 0 spiro atoms. The zero-order valence-electron chi connectivity index (χ0n) is 17.7. The molecule has 1 amide bonds.